The Hall–Kier alpha value is -1.71. The lowest BCUT2D eigenvalue weighted by Crippen LogP contribution is -2.03. The molecule has 0 radical (unpaired) electrons. The van der Waals surface area contributed by atoms with Gasteiger partial charge in [0.1, 0.15) is 10.9 Å². The van der Waals surface area contributed by atoms with Crippen LogP contribution in [-0.2, 0) is 7.05 Å². The van der Waals surface area contributed by atoms with E-state index >= 15 is 0 Å². The lowest BCUT2D eigenvalue weighted by molar-refractivity contribution is 0.414. The molecular formula is C17H16Cl2N2O. The maximum Gasteiger partial charge on any atom is 0.139 e. The van der Waals surface area contributed by atoms with E-state index in [-0.39, 0.29) is 5.92 Å². The summed E-state index contributed by atoms with van der Waals surface area (Å²) in [5.41, 5.74) is 3.18. The van der Waals surface area contributed by atoms with Crippen LogP contribution < -0.4 is 4.74 Å². The van der Waals surface area contributed by atoms with Crippen molar-refractivity contribution in [3.05, 3.63) is 58.0 Å². The molecule has 0 amide bonds. The van der Waals surface area contributed by atoms with E-state index in [0.717, 1.165) is 27.9 Å². The van der Waals surface area contributed by atoms with Crippen LogP contribution in [0.1, 0.15) is 24.1 Å². The highest BCUT2D eigenvalue weighted by molar-refractivity contribution is 6.42. The van der Waals surface area contributed by atoms with Crippen molar-refractivity contribution >= 4 is 34.1 Å². The smallest absolute Gasteiger partial charge is 0.139 e. The Labute approximate surface area is 139 Å². The molecule has 2 aromatic heterocycles. The molecule has 3 nitrogen and oxygen atoms in total. The molecule has 1 aromatic carbocycles. The molecule has 1 atom stereocenters. The third-order valence-electron chi connectivity index (χ3n) is 4.08. The highest BCUT2D eigenvalue weighted by Gasteiger charge is 2.22. The number of nitrogens with zero attached hydrogens (tertiary/aromatic N) is 2. The molecule has 0 fully saturated rings. The van der Waals surface area contributed by atoms with Gasteiger partial charge in [0.2, 0.25) is 0 Å². The van der Waals surface area contributed by atoms with Crippen molar-refractivity contribution in [1.82, 2.24) is 9.55 Å². The lowest BCUT2D eigenvalue weighted by Gasteiger charge is -2.15. The van der Waals surface area contributed by atoms with Crippen LogP contribution in [-0.4, -0.2) is 16.7 Å². The molecule has 0 aliphatic carbocycles. The molecule has 114 valence electrons. The molecule has 0 saturated carbocycles. The Balaban J connectivity index is 2.14. The highest BCUT2D eigenvalue weighted by Crippen LogP contribution is 2.39. The fourth-order valence-corrected chi connectivity index (χ4v) is 3.62. The first-order chi connectivity index (χ1) is 10.5. The van der Waals surface area contributed by atoms with E-state index in [2.05, 4.69) is 28.6 Å². The maximum absolute atomic E-state index is 6.60. The van der Waals surface area contributed by atoms with Crippen molar-refractivity contribution in [3.63, 3.8) is 0 Å². The number of halogens is 2. The van der Waals surface area contributed by atoms with Crippen LogP contribution in [0.5, 0.6) is 5.75 Å². The van der Waals surface area contributed by atoms with Gasteiger partial charge in [0.15, 0.2) is 0 Å². The minimum Gasteiger partial charge on any atom is -0.497 e. The summed E-state index contributed by atoms with van der Waals surface area (Å²) in [4.78, 5) is 4.13. The molecule has 3 rings (SSSR count). The first-order valence-electron chi connectivity index (χ1n) is 6.96. The van der Waals surface area contributed by atoms with Gasteiger partial charge in [-0.05, 0) is 23.8 Å². The Morgan fingerprint density at radius 2 is 1.82 bits per heavy atom. The number of ether oxygens (including phenoxy) is 1. The molecule has 0 bridgehead atoms. The number of hydrogen-bond acceptors (Lipinski definition) is 2. The van der Waals surface area contributed by atoms with E-state index in [4.69, 9.17) is 27.9 Å². The van der Waals surface area contributed by atoms with Gasteiger partial charge in [0.25, 0.3) is 0 Å². The van der Waals surface area contributed by atoms with Gasteiger partial charge in [-0.3, -0.25) is 0 Å². The second-order valence-electron chi connectivity index (χ2n) is 5.25. The zero-order chi connectivity index (χ0) is 15.9. The number of hydrogen-bond donors (Lipinski definition) is 0. The van der Waals surface area contributed by atoms with Crippen LogP contribution >= 0.6 is 23.2 Å². The van der Waals surface area contributed by atoms with E-state index in [1.807, 2.05) is 25.2 Å². The summed E-state index contributed by atoms with van der Waals surface area (Å²) in [7, 11) is 3.66. The summed E-state index contributed by atoms with van der Waals surface area (Å²) in [6.45, 7) is 2.13. The molecule has 5 heteroatoms. The average molecular weight is 335 g/mol. The molecular weight excluding hydrogens is 319 g/mol. The van der Waals surface area contributed by atoms with Crippen molar-refractivity contribution in [2.24, 2.45) is 7.05 Å². The van der Waals surface area contributed by atoms with Gasteiger partial charge >= 0.3 is 0 Å². The van der Waals surface area contributed by atoms with Gasteiger partial charge in [-0.15, -0.1) is 0 Å². The standard InChI is InChI=1S/C17H16Cl2N2O/c1-10(11-4-6-12(22-3)7-5-11)16-15(18)14-13(21(16)2)8-9-20-17(14)19/h4-10H,1-3H3. The van der Waals surface area contributed by atoms with Gasteiger partial charge in [-0.2, -0.15) is 0 Å². The minimum absolute atomic E-state index is 0.131. The second kappa shape index (κ2) is 5.82. The first kappa shape index (κ1) is 15.2. The number of aromatic nitrogens is 2. The zero-order valence-corrected chi connectivity index (χ0v) is 14.1. The minimum atomic E-state index is 0.131. The summed E-state index contributed by atoms with van der Waals surface area (Å²) in [6.07, 6.45) is 1.70. The van der Waals surface area contributed by atoms with Crippen LogP contribution in [0, 0.1) is 0 Å². The number of aryl methyl sites for hydroxylation is 1. The van der Waals surface area contributed by atoms with E-state index in [9.17, 15) is 0 Å². The largest absolute Gasteiger partial charge is 0.497 e. The van der Waals surface area contributed by atoms with Crippen molar-refractivity contribution < 1.29 is 4.74 Å². The fraction of sp³-hybridized carbons (Fsp3) is 0.235. The second-order valence-corrected chi connectivity index (χ2v) is 5.98. The topological polar surface area (TPSA) is 27.1 Å². The third-order valence-corrected chi connectivity index (χ3v) is 4.74. The number of benzene rings is 1. The Bertz CT molecular complexity index is 825. The molecule has 22 heavy (non-hydrogen) atoms. The van der Waals surface area contributed by atoms with Crippen LogP contribution in [0.2, 0.25) is 10.2 Å². The highest BCUT2D eigenvalue weighted by atomic mass is 35.5. The zero-order valence-electron chi connectivity index (χ0n) is 12.6. The maximum atomic E-state index is 6.60. The lowest BCUT2D eigenvalue weighted by atomic mass is 9.97. The number of fused-ring (bicyclic) bond motifs is 1. The fourth-order valence-electron chi connectivity index (χ4n) is 2.85. The van der Waals surface area contributed by atoms with Crippen molar-refractivity contribution in [3.8, 4) is 5.75 Å². The van der Waals surface area contributed by atoms with Crippen molar-refractivity contribution in [2.45, 2.75) is 12.8 Å². The van der Waals surface area contributed by atoms with Gasteiger partial charge in [-0.1, -0.05) is 42.3 Å². The van der Waals surface area contributed by atoms with E-state index < -0.39 is 0 Å². The molecule has 2 heterocycles. The molecule has 0 saturated heterocycles. The summed E-state index contributed by atoms with van der Waals surface area (Å²) in [6, 6.07) is 9.94. The quantitative estimate of drug-likeness (QED) is 0.627. The van der Waals surface area contributed by atoms with E-state index in [1.54, 1.807) is 13.3 Å². The molecule has 0 spiro atoms. The normalized spacial score (nSPS) is 12.6. The van der Waals surface area contributed by atoms with Gasteiger partial charge < -0.3 is 9.30 Å². The number of methoxy groups -OCH3 is 1. The number of pyridine rings is 1. The Kier molecular flexibility index (Phi) is 4.02. The first-order valence-corrected chi connectivity index (χ1v) is 7.72. The molecule has 3 aromatic rings. The van der Waals surface area contributed by atoms with Crippen LogP contribution in [0.25, 0.3) is 10.9 Å². The van der Waals surface area contributed by atoms with Crippen LogP contribution in [0.3, 0.4) is 0 Å². The number of rotatable bonds is 3. The molecule has 1 unspecified atom stereocenters. The predicted molar refractivity (Wildman–Crippen MR) is 91.2 cm³/mol. The Morgan fingerprint density at radius 3 is 2.41 bits per heavy atom. The van der Waals surface area contributed by atoms with Gasteiger partial charge in [-0.25, -0.2) is 4.98 Å². The van der Waals surface area contributed by atoms with E-state index in [1.165, 1.54) is 0 Å². The Morgan fingerprint density at radius 1 is 1.14 bits per heavy atom. The van der Waals surface area contributed by atoms with Crippen molar-refractivity contribution in [2.75, 3.05) is 7.11 Å². The predicted octanol–water partition coefficient (Wildman–Crippen LogP) is 5.04. The summed E-state index contributed by atoms with van der Waals surface area (Å²) in [5, 5.41) is 1.91. The SMILES string of the molecule is COc1ccc(C(C)c2c(Cl)c3c(Cl)nccc3n2C)cc1. The summed E-state index contributed by atoms with van der Waals surface area (Å²) in [5.74, 6) is 0.971. The van der Waals surface area contributed by atoms with E-state index in [0.29, 0.717) is 10.2 Å². The molecule has 0 aliphatic rings. The monoisotopic (exact) mass is 334 g/mol. The molecule has 0 aliphatic heterocycles. The van der Waals surface area contributed by atoms with Crippen LogP contribution in [0.15, 0.2) is 36.5 Å². The van der Waals surface area contributed by atoms with Crippen LogP contribution in [0.4, 0.5) is 0 Å². The summed E-state index contributed by atoms with van der Waals surface area (Å²) < 4.78 is 7.29. The summed E-state index contributed by atoms with van der Waals surface area (Å²) >= 11 is 12.8. The van der Waals surface area contributed by atoms with Gasteiger partial charge in [0.05, 0.1) is 23.0 Å². The average Bonchev–Trinajstić information content (AvgIpc) is 2.79. The van der Waals surface area contributed by atoms with Crippen molar-refractivity contribution in [1.29, 1.82) is 0 Å². The molecule has 0 N–H and O–H groups in total. The van der Waals surface area contributed by atoms with Gasteiger partial charge in [0, 0.05) is 24.9 Å². The third kappa shape index (κ3) is 2.34.